The predicted octanol–water partition coefficient (Wildman–Crippen LogP) is 4.07. The van der Waals surface area contributed by atoms with Gasteiger partial charge in [-0.25, -0.2) is 14.8 Å². The maximum absolute atomic E-state index is 12.5. The third kappa shape index (κ3) is 3.34. The Morgan fingerprint density at radius 1 is 0.939 bits per heavy atom. The fraction of sp³-hybridized carbons (Fsp3) is 0.240. The highest BCUT2D eigenvalue weighted by Gasteiger charge is 2.17. The summed E-state index contributed by atoms with van der Waals surface area (Å²) in [6.07, 6.45) is 5.19. The fourth-order valence-electron chi connectivity index (χ4n) is 4.54. The lowest BCUT2D eigenvalue weighted by molar-refractivity contribution is 0.795. The van der Waals surface area contributed by atoms with E-state index in [-0.39, 0.29) is 11.7 Å². The van der Waals surface area contributed by atoms with Crippen LogP contribution < -0.4 is 11.0 Å². The number of aromatic nitrogens is 6. The van der Waals surface area contributed by atoms with Crippen molar-refractivity contribution in [3.8, 4) is 11.1 Å². The Hall–Kier alpha value is -4.07. The van der Waals surface area contributed by atoms with Gasteiger partial charge in [0.15, 0.2) is 5.82 Å². The lowest BCUT2D eigenvalue weighted by Crippen LogP contribution is -2.19. The SMILES string of the molecule is Cc1c(-c2cncnc2)cccc1[C@@H](C)Nc1nnc(C)c2cc3c(cc12)n(C)c(=O)n3C. The topological polar surface area (TPSA) is 90.5 Å². The molecule has 3 aromatic heterocycles. The number of hydrogen-bond donors (Lipinski definition) is 1. The first kappa shape index (κ1) is 20.8. The number of benzene rings is 2. The number of aryl methyl sites for hydroxylation is 3. The van der Waals surface area contributed by atoms with Crippen LogP contribution in [-0.4, -0.2) is 29.3 Å². The van der Waals surface area contributed by atoms with Crippen LogP contribution in [0.2, 0.25) is 0 Å². The van der Waals surface area contributed by atoms with Gasteiger partial charge in [-0.3, -0.25) is 9.13 Å². The van der Waals surface area contributed by atoms with E-state index in [2.05, 4.69) is 51.5 Å². The molecule has 3 heterocycles. The van der Waals surface area contributed by atoms with Crippen molar-refractivity contribution in [1.29, 1.82) is 0 Å². The molecule has 0 spiro atoms. The van der Waals surface area contributed by atoms with Crippen molar-refractivity contribution in [1.82, 2.24) is 29.3 Å². The molecule has 2 aromatic carbocycles. The zero-order chi connectivity index (χ0) is 23.3. The lowest BCUT2D eigenvalue weighted by atomic mass is 9.94. The number of rotatable bonds is 4. The Morgan fingerprint density at radius 3 is 2.30 bits per heavy atom. The smallest absolute Gasteiger partial charge is 0.328 e. The summed E-state index contributed by atoms with van der Waals surface area (Å²) in [4.78, 5) is 20.8. The molecule has 1 N–H and O–H groups in total. The average molecular weight is 440 g/mol. The van der Waals surface area contributed by atoms with Crippen LogP contribution in [0.15, 0.2) is 53.8 Å². The molecule has 1 atom stereocenters. The Labute approximate surface area is 191 Å². The van der Waals surface area contributed by atoms with Crippen molar-refractivity contribution in [2.24, 2.45) is 14.1 Å². The average Bonchev–Trinajstić information content (AvgIpc) is 3.04. The van der Waals surface area contributed by atoms with E-state index < -0.39 is 0 Å². The molecule has 5 aromatic rings. The maximum Gasteiger partial charge on any atom is 0.328 e. The van der Waals surface area contributed by atoms with Crippen LogP contribution in [-0.2, 0) is 14.1 Å². The molecule has 8 heteroatoms. The zero-order valence-electron chi connectivity index (χ0n) is 19.3. The molecule has 0 amide bonds. The van der Waals surface area contributed by atoms with Gasteiger partial charge in [0.05, 0.1) is 22.8 Å². The van der Waals surface area contributed by atoms with Crippen LogP contribution in [0.3, 0.4) is 0 Å². The van der Waals surface area contributed by atoms with Gasteiger partial charge in [0.1, 0.15) is 6.33 Å². The molecule has 33 heavy (non-hydrogen) atoms. The number of anilines is 1. The molecule has 5 rings (SSSR count). The van der Waals surface area contributed by atoms with Crippen LogP contribution >= 0.6 is 0 Å². The molecule has 0 saturated heterocycles. The molecule has 0 fully saturated rings. The van der Waals surface area contributed by atoms with Gasteiger partial charge in [0.25, 0.3) is 0 Å². The van der Waals surface area contributed by atoms with Crippen molar-refractivity contribution in [3.63, 3.8) is 0 Å². The number of fused-ring (bicyclic) bond motifs is 2. The van der Waals surface area contributed by atoms with Crippen LogP contribution in [0, 0.1) is 13.8 Å². The number of nitrogens with zero attached hydrogens (tertiary/aromatic N) is 6. The molecule has 0 radical (unpaired) electrons. The van der Waals surface area contributed by atoms with Crippen LogP contribution in [0.1, 0.15) is 29.8 Å². The summed E-state index contributed by atoms with van der Waals surface area (Å²) >= 11 is 0. The standard InChI is InChI=1S/C25H25N7O/c1-14-18(7-6-8-19(14)17-11-26-13-27-12-17)15(2)28-24-21-10-23-22(31(4)25(33)32(23)5)9-20(21)16(3)29-30-24/h6-13,15H,1-5H3,(H,28,30)/t15-/m1/s1. The summed E-state index contributed by atoms with van der Waals surface area (Å²) in [6.45, 7) is 6.15. The van der Waals surface area contributed by atoms with Crippen LogP contribution in [0.25, 0.3) is 32.9 Å². The second-order valence-electron chi connectivity index (χ2n) is 8.43. The minimum Gasteiger partial charge on any atom is -0.362 e. The Morgan fingerprint density at radius 2 is 1.61 bits per heavy atom. The largest absolute Gasteiger partial charge is 0.362 e. The normalized spacial score (nSPS) is 12.4. The van der Waals surface area contributed by atoms with Gasteiger partial charge in [0, 0.05) is 42.8 Å². The summed E-state index contributed by atoms with van der Waals surface area (Å²) in [5.41, 5.74) is 6.89. The predicted molar refractivity (Wildman–Crippen MR) is 130 cm³/mol. The highest BCUT2D eigenvalue weighted by Crippen LogP contribution is 2.32. The van der Waals surface area contributed by atoms with Crippen LogP contribution in [0.5, 0.6) is 0 Å². The van der Waals surface area contributed by atoms with Gasteiger partial charge in [-0.2, -0.15) is 5.10 Å². The summed E-state index contributed by atoms with van der Waals surface area (Å²) in [5, 5.41) is 14.3. The van der Waals surface area contributed by atoms with Gasteiger partial charge in [-0.05, 0) is 49.6 Å². The maximum atomic E-state index is 12.5. The van der Waals surface area contributed by atoms with Crippen molar-refractivity contribution in [2.75, 3.05) is 5.32 Å². The first-order chi connectivity index (χ1) is 15.9. The van der Waals surface area contributed by atoms with E-state index in [0.29, 0.717) is 5.82 Å². The minimum absolute atomic E-state index is 0.0231. The number of nitrogens with one attached hydrogen (secondary N) is 1. The van der Waals surface area contributed by atoms with E-state index in [1.807, 2.05) is 37.5 Å². The monoisotopic (exact) mass is 439 g/mol. The van der Waals surface area contributed by atoms with Crippen molar-refractivity contribution >= 4 is 27.6 Å². The van der Waals surface area contributed by atoms with Gasteiger partial charge in [-0.15, -0.1) is 5.10 Å². The van der Waals surface area contributed by atoms with Crippen molar-refractivity contribution < 1.29 is 0 Å². The molecule has 0 aliphatic heterocycles. The first-order valence-electron chi connectivity index (χ1n) is 10.8. The highest BCUT2D eigenvalue weighted by atomic mass is 16.1. The van der Waals surface area contributed by atoms with E-state index in [1.165, 1.54) is 6.33 Å². The van der Waals surface area contributed by atoms with Gasteiger partial charge in [-0.1, -0.05) is 18.2 Å². The summed E-state index contributed by atoms with van der Waals surface area (Å²) in [7, 11) is 3.57. The highest BCUT2D eigenvalue weighted by molar-refractivity contribution is 6.01. The third-order valence-electron chi connectivity index (χ3n) is 6.42. The lowest BCUT2D eigenvalue weighted by Gasteiger charge is -2.20. The summed E-state index contributed by atoms with van der Waals surface area (Å²) in [5.74, 6) is 0.689. The Balaban J connectivity index is 1.60. The van der Waals surface area contributed by atoms with E-state index in [1.54, 1.807) is 23.2 Å². The zero-order valence-corrected chi connectivity index (χ0v) is 19.3. The molecule has 0 aliphatic rings. The molecular formula is C25H25N7O. The Bertz CT molecular complexity index is 1570. The van der Waals surface area contributed by atoms with Crippen LogP contribution in [0.4, 0.5) is 5.82 Å². The van der Waals surface area contributed by atoms with E-state index in [9.17, 15) is 4.79 Å². The molecule has 0 saturated carbocycles. The molecule has 0 unspecified atom stereocenters. The van der Waals surface area contributed by atoms with Gasteiger partial charge in [0.2, 0.25) is 0 Å². The molecule has 8 nitrogen and oxygen atoms in total. The van der Waals surface area contributed by atoms with E-state index in [0.717, 1.165) is 49.8 Å². The summed E-state index contributed by atoms with van der Waals surface area (Å²) in [6, 6.07) is 10.3. The molecule has 0 aliphatic carbocycles. The van der Waals surface area contributed by atoms with Crippen molar-refractivity contribution in [3.05, 3.63) is 76.4 Å². The molecular weight excluding hydrogens is 414 g/mol. The molecule has 166 valence electrons. The van der Waals surface area contributed by atoms with E-state index in [4.69, 9.17) is 0 Å². The summed E-state index contributed by atoms with van der Waals surface area (Å²) < 4.78 is 3.32. The Kier molecular flexibility index (Phi) is 4.92. The first-order valence-corrected chi connectivity index (χ1v) is 10.8. The quantitative estimate of drug-likeness (QED) is 0.454. The fourth-order valence-corrected chi connectivity index (χ4v) is 4.54. The van der Waals surface area contributed by atoms with Crippen molar-refractivity contribution in [2.45, 2.75) is 26.8 Å². The molecule has 0 bridgehead atoms. The number of hydrogen-bond acceptors (Lipinski definition) is 6. The second kappa shape index (κ2) is 7.81. The third-order valence-corrected chi connectivity index (χ3v) is 6.42. The van der Waals surface area contributed by atoms with Gasteiger partial charge < -0.3 is 5.32 Å². The number of imidazole rings is 1. The minimum atomic E-state index is -0.0564. The van der Waals surface area contributed by atoms with E-state index >= 15 is 0 Å². The van der Waals surface area contributed by atoms with Gasteiger partial charge >= 0.3 is 5.69 Å². The second-order valence-corrected chi connectivity index (χ2v) is 8.43.